The van der Waals surface area contributed by atoms with Gasteiger partial charge in [-0.05, 0) is 44.4 Å². The number of carboxylic acids is 1. The van der Waals surface area contributed by atoms with E-state index in [9.17, 15) is 14.7 Å². The largest absolute Gasteiger partial charge is 0.480 e. The smallest absolute Gasteiger partial charge is 0.407 e. The molecule has 0 aromatic heterocycles. The van der Waals surface area contributed by atoms with Gasteiger partial charge in [0.25, 0.3) is 0 Å². The predicted octanol–water partition coefficient (Wildman–Crippen LogP) is 1.39. The standard InChI is InChI=1S/C13H21NO5/c1-7-5-9(6-10(19-7)8-3-4-8)11(12(15)16)14-13(17)18-2/h7-11H,3-6H2,1-2H3,(H,14,17)(H,15,16)/t7-,9+,10+,11-/m0/s1. The molecule has 1 saturated carbocycles. The van der Waals surface area contributed by atoms with Crippen LogP contribution in [-0.4, -0.2) is 42.5 Å². The Morgan fingerprint density at radius 1 is 1.37 bits per heavy atom. The molecule has 0 bridgehead atoms. The molecule has 6 heteroatoms. The zero-order valence-electron chi connectivity index (χ0n) is 11.3. The number of rotatable bonds is 4. The maximum Gasteiger partial charge on any atom is 0.407 e. The summed E-state index contributed by atoms with van der Waals surface area (Å²) in [6.45, 7) is 1.96. The van der Waals surface area contributed by atoms with Crippen molar-refractivity contribution in [3.8, 4) is 0 Å². The summed E-state index contributed by atoms with van der Waals surface area (Å²) in [6, 6.07) is -0.903. The van der Waals surface area contributed by atoms with E-state index in [-0.39, 0.29) is 18.1 Å². The molecule has 2 rings (SSSR count). The van der Waals surface area contributed by atoms with E-state index in [4.69, 9.17) is 4.74 Å². The van der Waals surface area contributed by atoms with Gasteiger partial charge in [0, 0.05) is 0 Å². The highest BCUT2D eigenvalue weighted by Gasteiger charge is 2.42. The third kappa shape index (κ3) is 3.59. The fraction of sp³-hybridized carbons (Fsp3) is 0.846. The van der Waals surface area contributed by atoms with Crippen LogP contribution in [0, 0.1) is 11.8 Å². The lowest BCUT2D eigenvalue weighted by Crippen LogP contribution is -2.50. The highest BCUT2D eigenvalue weighted by atomic mass is 16.5. The first-order valence-electron chi connectivity index (χ1n) is 6.74. The number of methoxy groups -OCH3 is 1. The van der Waals surface area contributed by atoms with E-state index in [1.165, 1.54) is 7.11 Å². The Morgan fingerprint density at radius 2 is 2.05 bits per heavy atom. The van der Waals surface area contributed by atoms with Gasteiger partial charge in [-0.25, -0.2) is 9.59 Å². The minimum atomic E-state index is -1.01. The van der Waals surface area contributed by atoms with Crippen molar-refractivity contribution in [2.24, 2.45) is 11.8 Å². The first-order valence-corrected chi connectivity index (χ1v) is 6.74. The van der Waals surface area contributed by atoms with Crippen LogP contribution >= 0.6 is 0 Å². The fourth-order valence-corrected chi connectivity index (χ4v) is 2.84. The van der Waals surface area contributed by atoms with Gasteiger partial charge in [-0.15, -0.1) is 0 Å². The molecule has 2 fully saturated rings. The SMILES string of the molecule is COC(=O)N[C@H](C(=O)O)[C@@H]1C[C@H](C)O[C@@H](C2CC2)C1. The lowest BCUT2D eigenvalue weighted by atomic mass is 9.84. The van der Waals surface area contributed by atoms with Crippen molar-refractivity contribution in [1.82, 2.24) is 5.32 Å². The van der Waals surface area contributed by atoms with Crippen LogP contribution in [0.15, 0.2) is 0 Å². The molecule has 1 heterocycles. The number of ether oxygens (including phenoxy) is 2. The molecule has 0 aromatic carbocycles. The second kappa shape index (κ2) is 5.77. The zero-order chi connectivity index (χ0) is 14.0. The van der Waals surface area contributed by atoms with Gasteiger partial charge in [-0.2, -0.15) is 0 Å². The lowest BCUT2D eigenvalue weighted by Gasteiger charge is -2.36. The Morgan fingerprint density at radius 3 is 2.58 bits per heavy atom. The summed E-state index contributed by atoms with van der Waals surface area (Å²) in [5, 5.41) is 11.7. The molecule has 1 saturated heterocycles. The van der Waals surface area contributed by atoms with Crippen molar-refractivity contribution in [3.63, 3.8) is 0 Å². The van der Waals surface area contributed by atoms with Gasteiger partial charge in [-0.1, -0.05) is 0 Å². The Bertz CT molecular complexity index is 355. The Hall–Kier alpha value is -1.30. The summed E-state index contributed by atoms with van der Waals surface area (Å²) < 4.78 is 10.4. The van der Waals surface area contributed by atoms with Gasteiger partial charge < -0.3 is 19.9 Å². The first kappa shape index (κ1) is 14.1. The maximum atomic E-state index is 11.3. The molecule has 1 amide bonds. The Balaban J connectivity index is 2.02. The third-order valence-corrected chi connectivity index (χ3v) is 3.92. The number of amides is 1. The first-order chi connectivity index (χ1) is 9.01. The summed E-state index contributed by atoms with van der Waals surface area (Å²) in [5.74, 6) is -0.553. The number of carbonyl (C=O) groups excluding carboxylic acids is 1. The molecule has 19 heavy (non-hydrogen) atoms. The van der Waals surface area contributed by atoms with E-state index in [0.717, 1.165) is 12.8 Å². The van der Waals surface area contributed by atoms with E-state index in [0.29, 0.717) is 18.8 Å². The van der Waals surface area contributed by atoms with Gasteiger partial charge in [0.1, 0.15) is 6.04 Å². The molecule has 2 aliphatic rings. The lowest BCUT2D eigenvalue weighted by molar-refractivity contribution is -0.144. The van der Waals surface area contributed by atoms with E-state index in [1.807, 2.05) is 6.92 Å². The number of hydrogen-bond donors (Lipinski definition) is 2. The van der Waals surface area contributed by atoms with Crippen LogP contribution in [0.2, 0.25) is 0 Å². The van der Waals surface area contributed by atoms with Crippen LogP contribution in [0.4, 0.5) is 4.79 Å². The number of aliphatic carboxylic acids is 1. The topological polar surface area (TPSA) is 84.9 Å². The minimum Gasteiger partial charge on any atom is -0.480 e. The van der Waals surface area contributed by atoms with Crippen LogP contribution < -0.4 is 5.32 Å². The zero-order valence-corrected chi connectivity index (χ0v) is 11.3. The van der Waals surface area contributed by atoms with E-state index < -0.39 is 18.1 Å². The Kier molecular flexibility index (Phi) is 4.29. The molecule has 4 atom stereocenters. The highest BCUT2D eigenvalue weighted by Crippen LogP contribution is 2.41. The second-order valence-electron chi connectivity index (χ2n) is 5.51. The van der Waals surface area contributed by atoms with Crippen LogP contribution in [0.5, 0.6) is 0 Å². The maximum absolute atomic E-state index is 11.3. The van der Waals surface area contributed by atoms with E-state index in [2.05, 4.69) is 10.1 Å². The number of alkyl carbamates (subject to hydrolysis) is 1. The van der Waals surface area contributed by atoms with Crippen molar-refractivity contribution in [2.45, 2.75) is 50.9 Å². The van der Waals surface area contributed by atoms with E-state index >= 15 is 0 Å². The van der Waals surface area contributed by atoms with Crippen molar-refractivity contribution in [1.29, 1.82) is 0 Å². The highest BCUT2D eigenvalue weighted by molar-refractivity contribution is 5.80. The second-order valence-corrected chi connectivity index (χ2v) is 5.51. The van der Waals surface area contributed by atoms with Crippen LogP contribution in [0.3, 0.4) is 0 Å². The average molecular weight is 271 g/mol. The van der Waals surface area contributed by atoms with Crippen LogP contribution in [0.1, 0.15) is 32.6 Å². The minimum absolute atomic E-state index is 0.0330. The summed E-state index contributed by atoms with van der Waals surface area (Å²) in [4.78, 5) is 22.6. The van der Waals surface area contributed by atoms with Gasteiger partial charge in [0.05, 0.1) is 19.3 Å². The molecule has 6 nitrogen and oxygen atoms in total. The molecular weight excluding hydrogens is 250 g/mol. The normalized spacial score (nSPS) is 32.4. The quantitative estimate of drug-likeness (QED) is 0.807. The van der Waals surface area contributed by atoms with Crippen molar-refractivity contribution < 1.29 is 24.2 Å². The summed E-state index contributed by atoms with van der Waals surface area (Å²) >= 11 is 0. The number of hydrogen-bond acceptors (Lipinski definition) is 4. The Labute approximate surface area is 112 Å². The molecular formula is C13H21NO5. The average Bonchev–Trinajstić information content (AvgIpc) is 3.18. The predicted molar refractivity (Wildman–Crippen MR) is 66.7 cm³/mol. The molecule has 0 spiro atoms. The molecule has 1 aliphatic carbocycles. The summed E-state index contributed by atoms with van der Waals surface area (Å²) in [6.07, 6.45) is 3.12. The summed E-state index contributed by atoms with van der Waals surface area (Å²) in [7, 11) is 1.23. The van der Waals surface area contributed by atoms with Crippen LogP contribution in [0.25, 0.3) is 0 Å². The molecule has 1 aliphatic heterocycles. The van der Waals surface area contributed by atoms with Crippen molar-refractivity contribution in [2.75, 3.05) is 7.11 Å². The van der Waals surface area contributed by atoms with Crippen LogP contribution in [-0.2, 0) is 14.3 Å². The number of nitrogens with one attached hydrogen (secondary N) is 1. The van der Waals surface area contributed by atoms with Gasteiger partial charge in [-0.3, -0.25) is 0 Å². The monoisotopic (exact) mass is 271 g/mol. The van der Waals surface area contributed by atoms with E-state index in [1.54, 1.807) is 0 Å². The number of carboxylic acid groups (broad SMARTS) is 1. The summed E-state index contributed by atoms with van der Waals surface area (Å²) in [5.41, 5.74) is 0. The molecule has 0 radical (unpaired) electrons. The van der Waals surface area contributed by atoms with Crippen molar-refractivity contribution in [3.05, 3.63) is 0 Å². The molecule has 108 valence electrons. The van der Waals surface area contributed by atoms with Gasteiger partial charge >= 0.3 is 12.1 Å². The molecule has 0 unspecified atom stereocenters. The fourth-order valence-electron chi connectivity index (χ4n) is 2.84. The molecule has 2 N–H and O–H groups in total. The van der Waals surface area contributed by atoms with Crippen molar-refractivity contribution >= 4 is 12.1 Å². The third-order valence-electron chi connectivity index (χ3n) is 3.92. The van der Waals surface area contributed by atoms with Gasteiger partial charge in [0.2, 0.25) is 0 Å². The van der Waals surface area contributed by atoms with Gasteiger partial charge in [0.15, 0.2) is 0 Å². The molecule has 0 aromatic rings. The number of carbonyl (C=O) groups is 2.